The molecule has 0 radical (unpaired) electrons. The van der Waals surface area contributed by atoms with E-state index in [1.807, 2.05) is 37.3 Å². The lowest BCUT2D eigenvalue weighted by molar-refractivity contribution is -0.141. The smallest absolute Gasteiger partial charge is 0.317 e. The van der Waals surface area contributed by atoms with Gasteiger partial charge >= 0.3 is 11.9 Å². The molecule has 2 aromatic rings. The lowest BCUT2D eigenvalue weighted by Gasteiger charge is -2.24. The second-order valence-corrected chi connectivity index (χ2v) is 8.17. The van der Waals surface area contributed by atoms with Gasteiger partial charge in [-0.2, -0.15) is 0 Å². The predicted molar refractivity (Wildman–Crippen MR) is 118 cm³/mol. The summed E-state index contributed by atoms with van der Waals surface area (Å²) in [5.74, 6) is -1.78. The Morgan fingerprint density at radius 2 is 1.87 bits per heavy atom. The van der Waals surface area contributed by atoms with E-state index < -0.39 is 23.3 Å². The van der Waals surface area contributed by atoms with Crippen LogP contribution >= 0.6 is 0 Å². The third kappa shape index (κ3) is 3.85. The highest BCUT2D eigenvalue weighted by molar-refractivity contribution is 6.09. The number of aryl methyl sites for hydroxylation is 1. The molecule has 0 spiro atoms. The van der Waals surface area contributed by atoms with Crippen LogP contribution in [0.4, 0.5) is 5.69 Å². The molecule has 0 aliphatic carbocycles. The number of hydrogen-bond donors (Lipinski definition) is 0. The molecule has 0 saturated heterocycles. The first-order chi connectivity index (χ1) is 14.6. The minimum absolute atomic E-state index is 0.103. The van der Waals surface area contributed by atoms with Gasteiger partial charge in [0.1, 0.15) is 11.7 Å². The number of rotatable bonds is 6. The molecule has 1 aliphatic heterocycles. The number of ether oxygens (including phenoxy) is 2. The zero-order chi connectivity index (χ0) is 22.9. The molecule has 2 aromatic carbocycles. The molecule has 31 heavy (non-hydrogen) atoms. The number of methoxy groups -OCH3 is 1. The molecule has 6 heteroatoms. The van der Waals surface area contributed by atoms with Crippen molar-refractivity contribution in [1.82, 2.24) is 0 Å². The minimum Gasteiger partial charge on any atom is -0.468 e. The molecule has 1 amide bonds. The molecule has 162 valence electrons. The highest BCUT2D eigenvalue weighted by Gasteiger charge is 2.48. The SMILES string of the molecule is C=CC(C(=O)OC)c1cc(C)c2c(c1OC(C)=O)C(C)(C)C(=O)N2Cc1ccccc1. The summed E-state index contributed by atoms with van der Waals surface area (Å²) in [5.41, 5.74) is 2.57. The summed E-state index contributed by atoms with van der Waals surface area (Å²) in [4.78, 5) is 39.6. The molecule has 1 heterocycles. The van der Waals surface area contributed by atoms with Gasteiger partial charge in [-0.3, -0.25) is 14.4 Å². The van der Waals surface area contributed by atoms with Crippen LogP contribution in [0.1, 0.15) is 48.9 Å². The summed E-state index contributed by atoms with van der Waals surface area (Å²) in [6.45, 7) is 10.9. The van der Waals surface area contributed by atoms with Gasteiger partial charge in [-0.15, -0.1) is 6.58 Å². The molecule has 1 unspecified atom stereocenters. The molecule has 0 saturated carbocycles. The van der Waals surface area contributed by atoms with Crippen molar-refractivity contribution in [3.63, 3.8) is 0 Å². The van der Waals surface area contributed by atoms with Crippen LogP contribution in [0.15, 0.2) is 49.1 Å². The van der Waals surface area contributed by atoms with Gasteiger partial charge in [0.25, 0.3) is 0 Å². The molecular weight excluding hydrogens is 394 g/mol. The van der Waals surface area contributed by atoms with Crippen molar-refractivity contribution < 1.29 is 23.9 Å². The Bertz CT molecular complexity index is 1060. The fourth-order valence-corrected chi connectivity index (χ4v) is 4.17. The molecule has 0 fully saturated rings. The fraction of sp³-hybridized carbons (Fsp3) is 0.320. The molecule has 1 atom stereocenters. The van der Waals surface area contributed by atoms with Gasteiger partial charge in [-0.25, -0.2) is 0 Å². The number of anilines is 1. The van der Waals surface area contributed by atoms with E-state index in [0.717, 1.165) is 11.1 Å². The summed E-state index contributed by atoms with van der Waals surface area (Å²) < 4.78 is 10.6. The molecule has 0 bridgehead atoms. The van der Waals surface area contributed by atoms with Gasteiger partial charge in [0.05, 0.1) is 24.8 Å². The zero-order valence-corrected chi connectivity index (χ0v) is 18.5. The van der Waals surface area contributed by atoms with Gasteiger partial charge < -0.3 is 14.4 Å². The van der Waals surface area contributed by atoms with Crippen LogP contribution in [-0.2, 0) is 31.1 Å². The second kappa shape index (κ2) is 8.38. The van der Waals surface area contributed by atoms with Gasteiger partial charge in [0.15, 0.2) is 0 Å². The van der Waals surface area contributed by atoms with Crippen molar-refractivity contribution in [2.45, 2.75) is 45.6 Å². The summed E-state index contributed by atoms with van der Waals surface area (Å²) in [6.07, 6.45) is 1.45. The number of amides is 1. The number of carbonyl (C=O) groups is 3. The van der Waals surface area contributed by atoms with Crippen molar-refractivity contribution >= 4 is 23.5 Å². The average Bonchev–Trinajstić information content (AvgIpc) is 2.92. The minimum atomic E-state index is -0.961. The van der Waals surface area contributed by atoms with E-state index in [1.54, 1.807) is 24.8 Å². The first kappa shape index (κ1) is 22.3. The maximum absolute atomic E-state index is 13.5. The standard InChI is InChI=1S/C25H27NO5/c1-7-18(23(28)30-6)19-13-15(2)21-20(22(19)31-16(3)27)25(4,5)24(29)26(21)14-17-11-9-8-10-12-17/h7-13,18H,1,14H2,2-6H3. The van der Waals surface area contributed by atoms with E-state index in [9.17, 15) is 14.4 Å². The molecule has 6 nitrogen and oxygen atoms in total. The van der Waals surface area contributed by atoms with Crippen LogP contribution in [0.3, 0.4) is 0 Å². The summed E-state index contributed by atoms with van der Waals surface area (Å²) >= 11 is 0. The van der Waals surface area contributed by atoms with E-state index in [0.29, 0.717) is 23.4 Å². The quantitative estimate of drug-likeness (QED) is 0.397. The summed E-state index contributed by atoms with van der Waals surface area (Å²) in [6, 6.07) is 11.5. The van der Waals surface area contributed by atoms with E-state index in [4.69, 9.17) is 9.47 Å². The Labute approximate surface area is 182 Å². The normalized spacial score (nSPS) is 15.3. The highest BCUT2D eigenvalue weighted by Crippen LogP contribution is 2.52. The van der Waals surface area contributed by atoms with Crippen LogP contribution in [-0.4, -0.2) is 25.0 Å². The van der Waals surface area contributed by atoms with Crippen LogP contribution in [0, 0.1) is 6.92 Å². The van der Waals surface area contributed by atoms with Crippen molar-refractivity contribution in [2.24, 2.45) is 0 Å². The Morgan fingerprint density at radius 1 is 1.23 bits per heavy atom. The zero-order valence-electron chi connectivity index (χ0n) is 18.5. The maximum atomic E-state index is 13.5. The fourth-order valence-electron chi connectivity index (χ4n) is 4.17. The van der Waals surface area contributed by atoms with Crippen molar-refractivity contribution in [2.75, 3.05) is 12.0 Å². The third-order valence-electron chi connectivity index (χ3n) is 5.60. The van der Waals surface area contributed by atoms with E-state index in [1.165, 1.54) is 20.1 Å². The summed E-state index contributed by atoms with van der Waals surface area (Å²) in [5, 5.41) is 0. The van der Waals surface area contributed by atoms with Crippen LogP contribution in [0.5, 0.6) is 5.75 Å². The topological polar surface area (TPSA) is 72.9 Å². The predicted octanol–water partition coefficient (Wildman–Crippen LogP) is 4.19. The number of nitrogens with zero attached hydrogens (tertiary/aromatic N) is 1. The highest BCUT2D eigenvalue weighted by atomic mass is 16.5. The Morgan fingerprint density at radius 3 is 2.42 bits per heavy atom. The van der Waals surface area contributed by atoms with Crippen LogP contribution in [0.25, 0.3) is 0 Å². The first-order valence-electron chi connectivity index (χ1n) is 10.1. The third-order valence-corrected chi connectivity index (χ3v) is 5.60. The molecule has 1 aliphatic rings. The molecule has 0 aromatic heterocycles. The number of fused-ring (bicyclic) bond motifs is 1. The number of esters is 2. The first-order valence-corrected chi connectivity index (χ1v) is 10.1. The Kier molecular flexibility index (Phi) is 6.02. The molecular formula is C25H27NO5. The molecule has 0 N–H and O–H groups in total. The van der Waals surface area contributed by atoms with Gasteiger partial charge in [0.2, 0.25) is 5.91 Å². The van der Waals surface area contributed by atoms with Crippen LogP contribution in [0.2, 0.25) is 0 Å². The van der Waals surface area contributed by atoms with Gasteiger partial charge in [-0.05, 0) is 38.0 Å². The average molecular weight is 421 g/mol. The second-order valence-electron chi connectivity index (χ2n) is 8.17. The molecule has 3 rings (SSSR count). The van der Waals surface area contributed by atoms with Crippen molar-refractivity contribution in [3.05, 3.63) is 71.3 Å². The number of hydrogen-bond acceptors (Lipinski definition) is 5. The van der Waals surface area contributed by atoms with Crippen molar-refractivity contribution in [3.8, 4) is 5.75 Å². The van der Waals surface area contributed by atoms with Crippen LogP contribution < -0.4 is 9.64 Å². The van der Waals surface area contributed by atoms with Gasteiger partial charge in [0, 0.05) is 18.1 Å². The van der Waals surface area contributed by atoms with E-state index >= 15 is 0 Å². The largest absolute Gasteiger partial charge is 0.468 e. The van der Waals surface area contributed by atoms with Gasteiger partial charge in [-0.1, -0.05) is 36.4 Å². The van der Waals surface area contributed by atoms with E-state index in [2.05, 4.69) is 6.58 Å². The lowest BCUT2D eigenvalue weighted by atomic mass is 9.81. The Balaban J connectivity index is 2.28. The monoisotopic (exact) mass is 421 g/mol. The number of carbonyl (C=O) groups excluding carboxylic acids is 3. The lowest BCUT2D eigenvalue weighted by Crippen LogP contribution is -2.36. The Hall–Kier alpha value is -3.41. The summed E-state index contributed by atoms with van der Waals surface area (Å²) in [7, 11) is 1.29. The number of benzene rings is 2. The van der Waals surface area contributed by atoms with E-state index in [-0.39, 0.29) is 11.7 Å². The van der Waals surface area contributed by atoms with Crippen molar-refractivity contribution in [1.29, 1.82) is 0 Å². The maximum Gasteiger partial charge on any atom is 0.317 e.